The highest BCUT2D eigenvalue weighted by molar-refractivity contribution is 4.98. The summed E-state index contributed by atoms with van der Waals surface area (Å²) in [5, 5.41) is 3.51. The van der Waals surface area contributed by atoms with E-state index in [2.05, 4.69) is 17.3 Å². The zero-order valence-electron chi connectivity index (χ0n) is 10.3. The number of nitrogens with one attached hydrogen (secondary N) is 1. The minimum Gasteiger partial charge on any atom is -0.375 e. The summed E-state index contributed by atoms with van der Waals surface area (Å²) >= 11 is 0. The van der Waals surface area contributed by atoms with Crippen LogP contribution >= 0.6 is 0 Å². The van der Waals surface area contributed by atoms with Gasteiger partial charge in [0.1, 0.15) is 0 Å². The summed E-state index contributed by atoms with van der Waals surface area (Å²) in [6, 6.07) is 2.23. The van der Waals surface area contributed by atoms with E-state index in [4.69, 9.17) is 4.74 Å². The standard InChI is InChI=1S/C13H24N2O/c1-14-10-4-2-5-11(10)15-8-9-16-13-7-3-6-12(13)15/h10-14H,2-9H2,1H3. The minimum atomic E-state index is 0.548. The quantitative estimate of drug-likeness (QED) is 0.767. The topological polar surface area (TPSA) is 24.5 Å². The van der Waals surface area contributed by atoms with Crippen molar-refractivity contribution in [3.63, 3.8) is 0 Å². The van der Waals surface area contributed by atoms with Gasteiger partial charge in [-0.15, -0.1) is 0 Å². The lowest BCUT2D eigenvalue weighted by Gasteiger charge is -2.43. The summed E-state index contributed by atoms with van der Waals surface area (Å²) in [6.07, 6.45) is 8.69. The van der Waals surface area contributed by atoms with E-state index < -0.39 is 0 Å². The van der Waals surface area contributed by atoms with Crippen molar-refractivity contribution in [2.24, 2.45) is 0 Å². The van der Waals surface area contributed by atoms with Gasteiger partial charge in [0, 0.05) is 24.7 Å². The lowest BCUT2D eigenvalue weighted by atomic mass is 10.0. The number of likely N-dealkylation sites (N-methyl/N-ethyl adjacent to an activating group) is 1. The summed E-state index contributed by atoms with van der Waals surface area (Å²) in [5.41, 5.74) is 0. The molecule has 0 aromatic rings. The van der Waals surface area contributed by atoms with Crippen LogP contribution in [0.5, 0.6) is 0 Å². The molecule has 4 unspecified atom stereocenters. The van der Waals surface area contributed by atoms with Crippen LogP contribution in [0.1, 0.15) is 38.5 Å². The Balaban J connectivity index is 1.72. The normalized spacial score (nSPS) is 44.8. The maximum atomic E-state index is 5.90. The van der Waals surface area contributed by atoms with Crippen LogP contribution in [-0.2, 0) is 4.74 Å². The summed E-state index contributed by atoms with van der Waals surface area (Å²) in [5.74, 6) is 0. The highest BCUT2D eigenvalue weighted by atomic mass is 16.5. The molecule has 3 nitrogen and oxygen atoms in total. The van der Waals surface area contributed by atoms with Crippen LogP contribution in [0.3, 0.4) is 0 Å². The van der Waals surface area contributed by atoms with Crippen LogP contribution in [0.2, 0.25) is 0 Å². The van der Waals surface area contributed by atoms with Gasteiger partial charge in [-0.25, -0.2) is 0 Å². The van der Waals surface area contributed by atoms with Crippen molar-refractivity contribution < 1.29 is 4.74 Å². The molecule has 1 aliphatic heterocycles. The third-order valence-corrected chi connectivity index (χ3v) is 4.80. The lowest BCUT2D eigenvalue weighted by molar-refractivity contribution is -0.0737. The minimum absolute atomic E-state index is 0.548. The van der Waals surface area contributed by atoms with E-state index in [0.29, 0.717) is 6.10 Å². The molecule has 92 valence electrons. The van der Waals surface area contributed by atoms with Crippen LogP contribution in [-0.4, -0.2) is 49.3 Å². The molecule has 2 saturated carbocycles. The number of hydrogen-bond acceptors (Lipinski definition) is 3. The Kier molecular flexibility index (Phi) is 3.18. The van der Waals surface area contributed by atoms with E-state index >= 15 is 0 Å². The van der Waals surface area contributed by atoms with Gasteiger partial charge < -0.3 is 10.1 Å². The predicted octanol–water partition coefficient (Wildman–Crippen LogP) is 1.38. The van der Waals surface area contributed by atoms with Gasteiger partial charge in [-0.1, -0.05) is 6.42 Å². The third-order valence-electron chi connectivity index (χ3n) is 4.80. The second-order valence-corrected chi connectivity index (χ2v) is 5.54. The van der Waals surface area contributed by atoms with Crippen molar-refractivity contribution in [1.82, 2.24) is 10.2 Å². The molecule has 0 bridgehead atoms. The molecule has 0 spiro atoms. The van der Waals surface area contributed by atoms with Crippen molar-refractivity contribution in [1.29, 1.82) is 0 Å². The number of rotatable bonds is 2. The Hall–Kier alpha value is -0.120. The van der Waals surface area contributed by atoms with Crippen LogP contribution in [0.4, 0.5) is 0 Å². The molecule has 1 heterocycles. The van der Waals surface area contributed by atoms with Crippen molar-refractivity contribution in [2.75, 3.05) is 20.2 Å². The first kappa shape index (κ1) is 11.0. The molecule has 3 heteroatoms. The fourth-order valence-corrected chi connectivity index (χ4v) is 4.04. The van der Waals surface area contributed by atoms with Gasteiger partial charge in [0.15, 0.2) is 0 Å². The van der Waals surface area contributed by atoms with Gasteiger partial charge in [-0.3, -0.25) is 4.90 Å². The van der Waals surface area contributed by atoms with Gasteiger partial charge in [0.05, 0.1) is 12.7 Å². The molecule has 4 atom stereocenters. The van der Waals surface area contributed by atoms with Gasteiger partial charge in [0.25, 0.3) is 0 Å². The Morgan fingerprint density at radius 2 is 1.88 bits per heavy atom. The van der Waals surface area contributed by atoms with Crippen molar-refractivity contribution in [3.05, 3.63) is 0 Å². The van der Waals surface area contributed by atoms with E-state index in [0.717, 1.165) is 31.3 Å². The summed E-state index contributed by atoms with van der Waals surface area (Å²) in [4.78, 5) is 2.77. The van der Waals surface area contributed by atoms with E-state index in [-0.39, 0.29) is 0 Å². The maximum Gasteiger partial charge on any atom is 0.0731 e. The van der Waals surface area contributed by atoms with Crippen molar-refractivity contribution in [2.45, 2.75) is 62.8 Å². The Bertz CT molecular complexity index is 246. The lowest BCUT2D eigenvalue weighted by Crippen LogP contribution is -2.56. The molecule has 0 radical (unpaired) electrons. The number of hydrogen-bond donors (Lipinski definition) is 1. The number of ether oxygens (including phenoxy) is 1. The van der Waals surface area contributed by atoms with E-state index in [1.165, 1.54) is 38.5 Å². The van der Waals surface area contributed by atoms with E-state index in [9.17, 15) is 0 Å². The van der Waals surface area contributed by atoms with Crippen LogP contribution in [0.15, 0.2) is 0 Å². The first-order chi connectivity index (χ1) is 7.90. The molecule has 3 rings (SSSR count). The molecule has 2 aliphatic carbocycles. The molecule has 3 aliphatic rings. The van der Waals surface area contributed by atoms with Crippen molar-refractivity contribution >= 4 is 0 Å². The zero-order chi connectivity index (χ0) is 11.0. The molecule has 0 aromatic carbocycles. The zero-order valence-corrected chi connectivity index (χ0v) is 10.3. The maximum absolute atomic E-state index is 5.90. The summed E-state index contributed by atoms with van der Waals surface area (Å²) < 4.78 is 5.90. The van der Waals surface area contributed by atoms with Crippen molar-refractivity contribution in [3.8, 4) is 0 Å². The average molecular weight is 224 g/mol. The summed E-state index contributed by atoms with van der Waals surface area (Å²) in [6.45, 7) is 2.11. The van der Waals surface area contributed by atoms with E-state index in [1.807, 2.05) is 0 Å². The molecular formula is C13H24N2O. The van der Waals surface area contributed by atoms with Gasteiger partial charge in [0.2, 0.25) is 0 Å². The summed E-state index contributed by atoms with van der Waals surface area (Å²) in [7, 11) is 2.12. The fourth-order valence-electron chi connectivity index (χ4n) is 4.04. The van der Waals surface area contributed by atoms with Gasteiger partial charge in [-0.05, 0) is 39.2 Å². The highest BCUT2D eigenvalue weighted by Gasteiger charge is 2.42. The second kappa shape index (κ2) is 4.63. The van der Waals surface area contributed by atoms with Crippen LogP contribution in [0.25, 0.3) is 0 Å². The first-order valence-electron chi connectivity index (χ1n) is 6.95. The Morgan fingerprint density at radius 1 is 1.06 bits per heavy atom. The number of morpholine rings is 1. The number of fused-ring (bicyclic) bond motifs is 1. The Labute approximate surface area is 98.5 Å². The molecule has 0 aromatic heterocycles. The van der Waals surface area contributed by atoms with Crippen LogP contribution in [0, 0.1) is 0 Å². The number of nitrogens with zero attached hydrogens (tertiary/aromatic N) is 1. The first-order valence-corrected chi connectivity index (χ1v) is 6.95. The second-order valence-electron chi connectivity index (χ2n) is 5.54. The van der Waals surface area contributed by atoms with Crippen LogP contribution < -0.4 is 5.32 Å². The smallest absolute Gasteiger partial charge is 0.0731 e. The predicted molar refractivity (Wildman–Crippen MR) is 64.6 cm³/mol. The molecule has 1 saturated heterocycles. The fraction of sp³-hybridized carbons (Fsp3) is 1.00. The third kappa shape index (κ3) is 1.79. The monoisotopic (exact) mass is 224 g/mol. The average Bonchev–Trinajstić information content (AvgIpc) is 2.96. The van der Waals surface area contributed by atoms with Gasteiger partial charge in [-0.2, -0.15) is 0 Å². The largest absolute Gasteiger partial charge is 0.375 e. The molecule has 1 N–H and O–H groups in total. The SMILES string of the molecule is CNC1CCCC1N1CCOC2CCCC21. The van der Waals surface area contributed by atoms with E-state index in [1.54, 1.807) is 0 Å². The molecule has 3 fully saturated rings. The highest BCUT2D eigenvalue weighted by Crippen LogP contribution is 2.35. The molecule has 0 amide bonds. The molecule has 16 heavy (non-hydrogen) atoms. The van der Waals surface area contributed by atoms with Gasteiger partial charge >= 0.3 is 0 Å². The Morgan fingerprint density at radius 3 is 2.75 bits per heavy atom. The molecular weight excluding hydrogens is 200 g/mol.